The van der Waals surface area contributed by atoms with Crippen molar-refractivity contribution in [1.29, 1.82) is 0 Å². The molecule has 2 unspecified atom stereocenters. The number of carbonyl (C=O) groups excluding carboxylic acids is 3. The zero-order valence-electron chi connectivity index (χ0n) is 18.2. The lowest BCUT2D eigenvalue weighted by molar-refractivity contribution is -0.123. The Balaban J connectivity index is 1.78. The third-order valence-corrected chi connectivity index (χ3v) is 6.99. The van der Waals surface area contributed by atoms with Crippen LogP contribution < -0.4 is 5.32 Å². The average molecular weight is 498 g/mol. The summed E-state index contributed by atoms with van der Waals surface area (Å²) >= 11 is 8.63. The summed E-state index contributed by atoms with van der Waals surface area (Å²) in [4.78, 5) is 47.0. The lowest BCUT2D eigenvalue weighted by atomic mass is 9.88. The quantitative estimate of drug-likeness (QED) is 0.340. The van der Waals surface area contributed by atoms with E-state index < -0.39 is 23.9 Å². The van der Waals surface area contributed by atoms with Gasteiger partial charge in [0.05, 0.1) is 23.4 Å². The van der Waals surface area contributed by atoms with Crippen molar-refractivity contribution in [2.45, 2.75) is 51.3 Å². The number of carbonyl (C=O) groups is 3. The number of rotatable bonds is 7. The lowest BCUT2D eigenvalue weighted by Crippen LogP contribution is -2.30. The first-order valence-corrected chi connectivity index (χ1v) is 12.6. The van der Waals surface area contributed by atoms with E-state index in [2.05, 4.69) is 22.2 Å². The minimum Gasteiger partial charge on any atom is -0.462 e. The highest BCUT2D eigenvalue weighted by atomic mass is 35.5. The molecule has 1 aliphatic carbocycles. The van der Waals surface area contributed by atoms with Crippen LogP contribution in [0, 0.1) is 5.92 Å². The third-order valence-electron chi connectivity index (χ3n) is 4.98. The molecular formula is C21H24ClN3O5S2. The van der Waals surface area contributed by atoms with Crippen LogP contribution in [0.2, 0.25) is 5.02 Å². The summed E-state index contributed by atoms with van der Waals surface area (Å²) in [7, 11) is 0. The van der Waals surface area contributed by atoms with E-state index in [4.69, 9.17) is 21.1 Å². The van der Waals surface area contributed by atoms with E-state index in [0.717, 1.165) is 29.7 Å². The highest BCUT2D eigenvalue weighted by Gasteiger charge is 2.30. The Morgan fingerprint density at radius 2 is 2.12 bits per heavy atom. The van der Waals surface area contributed by atoms with Crippen LogP contribution in [0.5, 0.6) is 0 Å². The first-order chi connectivity index (χ1) is 15.2. The Bertz CT molecular complexity index is 1040. The Morgan fingerprint density at radius 1 is 1.38 bits per heavy atom. The molecule has 2 heterocycles. The number of aromatic nitrogens is 2. The molecule has 8 nitrogen and oxygen atoms in total. The fourth-order valence-electron chi connectivity index (χ4n) is 3.33. The van der Waals surface area contributed by atoms with Gasteiger partial charge in [-0.25, -0.2) is 19.6 Å². The number of ether oxygens (including phenoxy) is 2. The van der Waals surface area contributed by atoms with Gasteiger partial charge >= 0.3 is 11.9 Å². The van der Waals surface area contributed by atoms with Gasteiger partial charge in [-0.1, -0.05) is 30.3 Å². The maximum Gasteiger partial charge on any atom is 0.359 e. The summed E-state index contributed by atoms with van der Waals surface area (Å²) in [6, 6.07) is 0. The second kappa shape index (κ2) is 10.6. The number of nitrogens with one attached hydrogen (secondary N) is 1. The van der Waals surface area contributed by atoms with Crippen LogP contribution in [0.15, 0.2) is 11.4 Å². The lowest BCUT2D eigenvalue weighted by Gasteiger charge is -2.18. The maximum atomic E-state index is 12.8. The van der Waals surface area contributed by atoms with E-state index in [9.17, 15) is 14.4 Å². The highest BCUT2D eigenvalue weighted by molar-refractivity contribution is 7.98. The van der Waals surface area contributed by atoms with Crippen LogP contribution in [-0.4, -0.2) is 46.8 Å². The van der Waals surface area contributed by atoms with E-state index in [0.29, 0.717) is 21.6 Å². The van der Waals surface area contributed by atoms with Crippen molar-refractivity contribution in [2.75, 3.05) is 18.2 Å². The molecule has 0 aromatic carbocycles. The van der Waals surface area contributed by atoms with E-state index in [1.54, 1.807) is 13.2 Å². The molecule has 32 heavy (non-hydrogen) atoms. The molecule has 2 aromatic heterocycles. The van der Waals surface area contributed by atoms with Gasteiger partial charge in [-0.15, -0.1) is 11.3 Å². The average Bonchev–Trinajstić information content (AvgIpc) is 3.10. The van der Waals surface area contributed by atoms with Gasteiger partial charge in [-0.05, 0) is 50.8 Å². The predicted octanol–water partition coefficient (Wildman–Crippen LogP) is 4.40. The van der Waals surface area contributed by atoms with E-state index in [1.807, 2.05) is 0 Å². The second-order valence-corrected chi connectivity index (χ2v) is 9.65. The molecule has 0 bridgehead atoms. The van der Waals surface area contributed by atoms with Gasteiger partial charge in [-0.2, -0.15) is 0 Å². The van der Waals surface area contributed by atoms with Crippen molar-refractivity contribution in [2.24, 2.45) is 5.92 Å². The second-order valence-electron chi connectivity index (χ2n) is 7.37. The Labute approximate surface area is 199 Å². The van der Waals surface area contributed by atoms with Crippen molar-refractivity contribution in [3.05, 3.63) is 32.9 Å². The minimum atomic E-state index is -1.14. The van der Waals surface area contributed by atoms with E-state index in [-0.39, 0.29) is 17.3 Å². The van der Waals surface area contributed by atoms with Gasteiger partial charge in [0.15, 0.2) is 17.0 Å². The third kappa shape index (κ3) is 5.41. The van der Waals surface area contributed by atoms with Crippen LogP contribution in [0.4, 0.5) is 5.00 Å². The van der Waals surface area contributed by atoms with Gasteiger partial charge < -0.3 is 14.8 Å². The summed E-state index contributed by atoms with van der Waals surface area (Å²) in [5.74, 6) is -1.36. The van der Waals surface area contributed by atoms with E-state index >= 15 is 0 Å². The number of hydrogen-bond acceptors (Lipinski definition) is 9. The fraction of sp³-hybridized carbons (Fsp3) is 0.476. The van der Waals surface area contributed by atoms with Gasteiger partial charge in [0.2, 0.25) is 0 Å². The van der Waals surface area contributed by atoms with Crippen molar-refractivity contribution in [3.63, 3.8) is 0 Å². The molecular weight excluding hydrogens is 474 g/mol. The SMILES string of the molecule is CCOC(=O)c1c(NC(=O)C(C)OC(=O)c2nc(SC)ncc2Cl)sc2c1CCC(C)C2. The fourth-order valence-corrected chi connectivity index (χ4v) is 5.24. The summed E-state index contributed by atoms with van der Waals surface area (Å²) in [6.45, 7) is 5.57. The Kier molecular flexibility index (Phi) is 8.13. The first-order valence-electron chi connectivity index (χ1n) is 10.1. The number of amides is 1. The number of anilines is 1. The molecule has 2 atom stereocenters. The summed E-state index contributed by atoms with van der Waals surface area (Å²) in [5, 5.41) is 3.55. The monoisotopic (exact) mass is 497 g/mol. The standard InChI is InChI=1S/C21H24ClN3O5S2/c1-5-29-19(27)15-12-7-6-10(2)8-14(12)32-18(15)25-17(26)11(3)30-20(28)16-13(22)9-23-21(24-16)31-4/h9-11H,5-8H2,1-4H3,(H,25,26). The van der Waals surface area contributed by atoms with Crippen LogP contribution in [0.25, 0.3) is 0 Å². The molecule has 0 aliphatic heterocycles. The maximum absolute atomic E-state index is 12.8. The van der Waals surface area contributed by atoms with Crippen LogP contribution in [0.1, 0.15) is 58.5 Å². The number of thiophene rings is 1. The number of esters is 2. The number of hydrogen-bond donors (Lipinski definition) is 1. The van der Waals surface area contributed by atoms with Crippen LogP contribution in [0.3, 0.4) is 0 Å². The number of nitrogens with zero attached hydrogens (tertiary/aromatic N) is 2. The molecule has 0 saturated heterocycles. The molecule has 0 radical (unpaired) electrons. The van der Waals surface area contributed by atoms with Gasteiger partial charge in [0, 0.05) is 4.88 Å². The smallest absolute Gasteiger partial charge is 0.359 e. The molecule has 0 saturated carbocycles. The molecule has 1 aliphatic rings. The summed E-state index contributed by atoms with van der Waals surface area (Å²) in [5.41, 5.74) is 1.22. The molecule has 172 valence electrons. The molecule has 0 spiro atoms. The zero-order chi connectivity index (χ0) is 23.4. The number of halogens is 1. The number of fused-ring (bicyclic) bond motifs is 1. The molecule has 3 rings (SSSR count). The molecule has 11 heteroatoms. The van der Waals surface area contributed by atoms with Crippen molar-refractivity contribution in [1.82, 2.24) is 9.97 Å². The Hall–Kier alpha value is -2.17. The number of thioether (sulfide) groups is 1. The molecule has 1 amide bonds. The largest absolute Gasteiger partial charge is 0.462 e. The normalized spacial score (nSPS) is 16.1. The highest BCUT2D eigenvalue weighted by Crippen LogP contribution is 2.40. The van der Waals surface area contributed by atoms with Gasteiger partial charge in [0.25, 0.3) is 5.91 Å². The van der Waals surface area contributed by atoms with E-state index in [1.165, 1.54) is 36.2 Å². The van der Waals surface area contributed by atoms with Crippen LogP contribution >= 0.6 is 34.7 Å². The van der Waals surface area contributed by atoms with Crippen molar-refractivity contribution < 1.29 is 23.9 Å². The molecule has 2 aromatic rings. The van der Waals surface area contributed by atoms with Crippen molar-refractivity contribution in [3.8, 4) is 0 Å². The zero-order valence-corrected chi connectivity index (χ0v) is 20.6. The molecule has 0 fully saturated rings. The topological polar surface area (TPSA) is 107 Å². The summed E-state index contributed by atoms with van der Waals surface area (Å²) < 4.78 is 10.5. The Morgan fingerprint density at radius 3 is 2.81 bits per heavy atom. The van der Waals surface area contributed by atoms with Crippen molar-refractivity contribution >= 4 is 57.5 Å². The molecule has 1 N–H and O–H groups in total. The first kappa shape index (κ1) is 24.5. The minimum absolute atomic E-state index is 0.0325. The van der Waals surface area contributed by atoms with Crippen LogP contribution in [-0.2, 0) is 27.1 Å². The summed E-state index contributed by atoms with van der Waals surface area (Å²) in [6.07, 6.45) is 4.50. The van der Waals surface area contributed by atoms with Gasteiger partial charge in [0.1, 0.15) is 5.00 Å². The van der Waals surface area contributed by atoms with Gasteiger partial charge in [-0.3, -0.25) is 4.79 Å². The predicted molar refractivity (Wildman–Crippen MR) is 124 cm³/mol.